The first-order valence-corrected chi connectivity index (χ1v) is 7.91. The Morgan fingerprint density at radius 2 is 2.05 bits per heavy atom. The van der Waals surface area contributed by atoms with Crippen LogP contribution in [0, 0.1) is 16.7 Å². The molecule has 116 valence electrons. The molecule has 7 heteroatoms. The summed E-state index contributed by atoms with van der Waals surface area (Å²) in [6.45, 7) is 2.09. The largest absolute Gasteiger partial charge is 0.318 e. The quantitative estimate of drug-likeness (QED) is 0.664. The summed E-state index contributed by atoms with van der Waals surface area (Å²) in [5, 5.41) is 11.7. The molecule has 2 rings (SSSR count). The van der Waals surface area contributed by atoms with Crippen molar-refractivity contribution in [2.45, 2.75) is 24.1 Å². The van der Waals surface area contributed by atoms with Crippen molar-refractivity contribution in [2.24, 2.45) is 5.41 Å². The van der Waals surface area contributed by atoms with Gasteiger partial charge in [-0.15, -0.1) is 23.2 Å². The molecule has 0 saturated heterocycles. The van der Waals surface area contributed by atoms with Crippen LogP contribution in [0.5, 0.6) is 0 Å². The molecular weight excluding hydrogens is 341 g/mol. The van der Waals surface area contributed by atoms with Crippen LogP contribution in [0.1, 0.15) is 19.8 Å². The Balaban J connectivity index is 2.10. The minimum atomic E-state index is -1.04. The summed E-state index contributed by atoms with van der Waals surface area (Å²) in [4.78, 5) is 14.0. The van der Waals surface area contributed by atoms with Gasteiger partial charge >= 0.3 is 0 Å². The van der Waals surface area contributed by atoms with Crippen LogP contribution < -0.4 is 10.2 Å². The lowest BCUT2D eigenvalue weighted by atomic mass is 10.1. The molecule has 1 fully saturated rings. The van der Waals surface area contributed by atoms with Crippen molar-refractivity contribution in [3.05, 3.63) is 30.3 Å². The van der Waals surface area contributed by atoms with Crippen molar-refractivity contribution < 1.29 is 4.79 Å². The lowest BCUT2D eigenvalue weighted by Crippen LogP contribution is -2.46. The molecule has 0 heterocycles. The zero-order valence-corrected chi connectivity index (χ0v) is 14.3. The number of benzene rings is 1. The van der Waals surface area contributed by atoms with Crippen LogP contribution >= 0.6 is 35.4 Å². The lowest BCUT2D eigenvalue weighted by molar-refractivity contribution is -0.124. The molecule has 0 aromatic heterocycles. The van der Waals surface area contributed by atoms with E-state index in [1.54, 1.807) is 11.8 Å². The molecule has 0 spiro atoms. The number of amides is 1. The number of hydrogen-bond donors (Lipinski definition) is 1. The van der Waals surface area contributed by atoms with Crippen molar-refractivity contribution in [2.75, 3.05) is 11.4 Å². The van der Waals surface area contributed by atoms with Gasteiger partial charge in [-0.1, -0.05) is 18.2 Å². The van der Waals surface area contributed by atoms with Gasteiger partial charge in [-0.2, -0.15) is 5.26 Å². The van der Waals surface area contributed by atoms with E-state index >= 15 is 0 Å². The Kier molecular flexibility index (Phi) is 4.96. The highest BCUT2D eigenvalue weighted by molar-refractivity contribution is 7.80. The monoisotopic (exact) mass is 355 g/mol. The third-order valence-corrected chi connectivity index (χ3v) is 5.16. The Morgan fingerprint density at radius 1 is 1.45 bits per heavy atom. The van der Waals surface area contributed by atoms with Gasteiger partial charge in [-0.25, -0.2) is 0 Å². The number of nitrogens with zero attached hydrogens (tertiary/aromatic N) is 2. The average Bonchev–Trinajstić information content (AvgIpc) is 3.00. The van der Waals surface area contributed by atoms with Crippen LogP contribution in [0.15, 0.2) is 30.3 Å². The molecule has 0 radical (unpaired) electrons. The van der Waals surface area contributed by atoms with E-state index in [0.717, 1.165) is 5.69 Å². The Bertz CT molecular complexity index is 629. The van der Waals surface area contributed by atoms with Crippen molar-refractivity contribution in [1.29, 1.82) is 5.26 Å². The molecule has 1 N–H and O–H groups in total. The van der Waals surface area contributed by atoms with Gasteiger partial charge in [0.2, 0.25) is 5.91 Å². The van der Waals surface area contributed by atoms with Gasteiger partial charge in [-0.3, -0.25) is 4.79 Å². The minimum absolute atomic E-state index is 0.240. The van der Waals surface area contributed by atoms with E-state index in [9.17, 15) is 4.79 Å². The number of thiocarbonyl (C=S) groups is 1. The molecule has 1 amide bonds. The molecule has 1 aliphatic carbocycles. The van der Waals surface area contributed by atoms with E-state index in [1.807, 2.05) is 30.3 Å². The molecule has 1 aromatic carbocycles. The van der Waals surface area contributed by atoms with Gasteiger partial charge in [0, 0.05) is 12.2 Å². The molecule has 1 aliphatic rings. The number of hydrogen-bond acceptors (Lipinski definition) is 3. The number of alkyl halides is 2. The van der Waals surface area contributed by atoms with Gasteiger partial charge < -0.3 is 10.2 Å². The number of nitrogens with one attached hydrogen (secondary N) is 1. The first-order valence-electron chi connectivity index (χ1n) is 6.74. The average molecular weight is 356 g/mol. The highest BCUT2D eigenvalue weighted by Crippen LogP contribution is 2.63. The number of nitriles is 1. The molecule has 1 aromatic rings. The van der Waals surface area contributed by atoms with Gasteiger partial charge in [0.1, 0.15) is 4.33 Å². The van der Waals surface area contributed by atoms with Gasteiger partial charge in [0.05, 0.1) is 17.9 Å². The minimum Gasteiger partial charge on any atom is -0.318 e. The number of carbonyl (C=O) groups excluding carboxylic acids is 1. The second-order valence-electron chi connectivity index (χ2n) is 5.37. The van der Waals surface area contributed by atoms with Crippen LogP contribution in [-0.2, 0) is 4.79 Å². The van der Waals surface area contributed by atoms with Crippen LogP contribution in [0.3, 0.4) is 0 Å². The van der Waals surface area contributed by atoms with Crippen LogP contribution in [0.25, 0.3) is 0 Å². The van der Waals surface area contributed by atoms with E-state index in [4.69, 9.17) is 40.7 Å². The van der Waals surface area contributed by atoms with E-state index in [2.05, 4.69) is 11.4 Å². The van der Waals surface area contributed by atoms with Crippen LogP contribution in [0.4, 0.5) is 5.69 Å². The summed E-state index contributed by atoms with van der Waals surface area (Å²) >= 11 is 17.3. The zero-order valence-electron chi connectivity index (χ0n) is 12.0. The third-order valence-electron chi connectivity index (χ3n) is 3.74. The molecule has 4 nitrogen and oxygen atoms in total. The maximum absolute atomic E-state index is 12.3. The first kappa shape index (κ1) is 17.0. The number of halogens is 2. The van der Waals surface area contributed by atoms with E-state index in [1.165, 1.54) is 0 Å². The SMILES string of the molecule is C[C@]1(C(=O)NC(=S)N(CCC#N)c2ccccc2)CC1(Cl)Cl. The standard InChI is InChI=1S/C15H15Cl2N3OS/c1-14(10-15(14,16)17)12(21)19-13(22)20(9-5-8-18)11-6-3-2-4-7-11/h2-4,6-7H,5,9-10H2,1H3,(H,19,21,22)/t14-/m1/s1. The van der Waals surface area contributed by atoms with Crippen molar-refractivity contribution in [3.63, 3.8) is 0 Å². The Hall–Kier alpha value is -1.35. The Labute approximate surface area is 145 Å². The second-order valence-corrected chi connectivity index (χ2v) is 7.24. The number of rotatable bonds is 4. The molecule has 1 saturated carbocycles. The lowest BCUT2D eigenvalue weighted by Gasteiger charge is -2.25. The van der Waals surface area contributed by atoms with Crippen LogP contribution in [0.2, 0.25) is 0 Å². The predicted molar refractivity (Wildman–Crippen MR) is 91.9 cm³/mol. The highest BCUT2D eigenvalue weighted by Gasteiger charge is 2.68. The predicted octanol–water partition coefficient (Wildman–Crippen LogP) is 3.39. The van der Waals surface area contributed by atoms with Crippen molar-refractivity contribution >= 4 is 52.1 Å². The molecule has 1 atom stereocenters. The molecule has 0 bridgehead atoms. The van der Waals surface area contributed by atoms with E-state index in [-0.39, 0.29) is 17.4 Å². The second kappa shape index (κ2) is 6.41. The summed E-state index contributed by atoms with van der Waals surface area (Å²) < 4.78 is -1.04. The van der Waals surface area contributed by atoms with Crippen molar-refractivity contribution in [3.8, 4) is 6.07 Å². The summed E-state index contributed by atoms with van der Waals surface area (Å²) in [7, 11) is 0. The fourth-order valence-corrected chi connectivity index (χ4v) is 3.06. The fourth-order valence-electron chi connectivity index (χ4n) is 2.07. The summed E-state index contributed by atoms with van der Waals surface area (Å²) in [5.74, 6) is -0.305. The van der Waals surface area contributed by atoms with Crippen LogP contribution in [-0.4, -0.2) is 21.9 Å². The zero-order chi connectivity index (χ0) is 16.4. The van der Waals surface area contributed by atoms with Gasteiger partial charge in [-0.05, 0) is 37.7 Å². The fraction of sp³-hybridized carbons (Fsp3) is 0.400. The van der Waals surface area contributed by atoms with Gasteiger partial charge in [0.15, 0.2) is 5.11 Å². The molecular formula is C15H15Cl2N3OS. The molecule has 22 heavy (non-hydrogen) atoms. The molecule has 0 unspecified atom stereocenters. The maximum Gasteiger partial charge on any atom is 0.235 e. The summed E-state index contributed by atoms with van der Waals surface area (Å²) in [6.07, 6.45) is 0.679. The van der Waals surface area contributed by atoms with E-state index in [0.29, 0.717) is 13.0 Å². The smallest absolute Gasteiger partial charge is 0.235 e. The summed E-state index contributed by atoms with van der Waals surface area (Å²) in [5.41, 5.74) is -0.0235. The normalized spacial score (nSPS) is 21.5. The Morgan fingerprint density at radius 3 is 2.55 bits per heavy atom. The highest BCUT2D eigenvalue weighted by atomic mass is 35.5. The van der Waals surface area contributed by atoms with E-state index < -0.39 is 9.75 Å². The number of anilines is 1. The summed E-state index contributed by atoms with van der Waals surface area (Å²) in [6, 6.07) is 11.4. The first-order chi connectivity index (χ1) is 10.3. The van der Waals surface area contributed by atoms with Gasteiger partial charge in [0.25, 0.3) is 0 Å². The number of carbonyl (C=O) groups is 1. The molecule has 0 aliphatic heterocycles. The maximum atomic E-state index is 12.3. The third kappa shape index (κ3) is 3.35. The topological polar surface area (TPSA) is 56.1 Å². The van der Waals surface area contributed by atoms with Crippen molar-refractivity contribution in [1.82, 2.24) is 5.32 Å². The number of para-hydroxylation sites is 1.